The summed E-state index contributed by atoms with van der Waals surface area (Å²) in [4.78, 5) is 0. The van der Waals surface area contributed by atoms with Crippen molar-refractivity contribution < 1.29 is 14.2 Å². The highest BCUT2D eigenvalue weighted by Gasteiger charge is 2.41. The van der Waals surface area contributed by atoms with Crippen LogP contribution in [0.5, 0.6) is 11.6 Å². The molecule has 0 amide bonds. The molecule has 2 N–H and O–H groups in total. The number of aromatic nitrogens is 5. The molecule has 0 aliphatic carbocycles. The summed E-state index contributed by atoms with van der Waals surface area (Å²) >= 11 is 0. The number of nitrogens with zero attached hydrogens (tertiary/aromatic N) is 5. The van der Waals surface area contributed by atoms with Gasteiger partial charge in [-0.15, -0.1) is 20.4 Å². The molecule has 6 rings (SSSR count). The van der Waals surface area contributed by atoms with Crippen LogP contribution in [0.3, 0.4) is 0 Å². The van der Waals surface area contributed by atoms with Crippen molar-refractivity contribution in [2.45, 2.75) is 50.0 Å². The molecule has 4 aromatic rings. The summed E-state index contributed by atoms with van der Waals surface area (Å²) in [6.45, 7) is 0. The van der Waals surface area contributed by atoms with E-state index in [0.717, 1.165) is 36.0 Å². The Morgan fingerprint density at radius 2 is 1.94 bits per heavy atom. The van der Waals surface area contributed by atoms with Crippen molar-refractivity contribution in [1.82, 2.24) is 30.1 Å². The molecule has 168 valence electrons. The Kier molecular flexibility index (Phi) is 4.91. The van der Waals surface area contributed by atoms with Gasteiger partial charge < -0.3 is 15.2 Å². The molecule has 5 heterocycles. The van der Waals surface area contributed by atoms with E-state index in [9.17, 15) is 9.50 Å². The lowest BCUT2D eigenvalue weighted by molar-refractivity contribution is 0.00652. The van der Waals surface area contributed by atoms with Crippen molar-refractivity contribution in [3.05, 3.63) is 55.0 Å². The van der Waals surface area contributed by atoms with E-state index in [2.05, 4.69) is 25.7 Å². The smallest absolute Gasteiger partial charge is 0.233 e. The van der Waals surface area contributed by atoms with Crippen molar-refractivity contribution >= 4 is 5.65 Å². The van der Waals surface area contributed by atoms with Gasteiger partial charge in [-0.05, 0) is 54.3 Å². The maximum absolute atomic E-state index is 14.8. The Balaban J connectivity index is 1.20. The molecule has 9 heteroatoms. The number of ether oxygens (including phenoxy) is 1. The van der Waals surface area contributed by atoms with E-state index in [0.29, 0.717) is 29.6 Å². The highest BCUT2D eigenvalue weighted by molar-refractivity contribution is 5.74. The minimum absolute atomic E-state index is 0.0920. The third kappa shape index (κ3) is 3.78. The number of hydrogen-bond acceptors (Lipinski definition) is 7. The number of nitrogens with one attached hydrogen (secondary N) is 1. The van der Waals surface area contributed by atoms with Gasteiger partial charge in [0, 0.05) is 36.3 Å². The molecule has 0 radical (unpaired) electrons. The van der Waals surface area contributed by atoms with Crippen LogP contribution in [-0.2, 0) is 0 Å². The zero-order chi connectivity index (χ0) is 22.4. The number of rotatable bonds is 4. The number of hydrogen-bond donors (Lipinski definition) is 2. The first-order valence-corrected chi connectivity index (χ1v) is 11.2. The number of fused-ring (bicyclic) bond motifs is 3. The molecule has 1 aromatic carbocycles. The van der Waals surface area contributed by atoms with E-state index >= 15 is 0 Å². The van der Waals surface area contributed by atoms with Crippen LogP contribution in [-0.4, -0.2) is 54.3 Å². The summed E-state index contributed by atoms with van der Waals surface area (Å²) in [7, 11) is 0. The fourth-order valence-corrected chi connectivity index (χ4v) is 4.88. The minimum atomic E-state index is -1.06. The third-order valence-corrected chi connectivity index (χ3v) is 6.58. The van der Waals surface area contributed by atoms with Gasteiger partial charge in [-0.1, -0.05) is 12.5 Å². The molecule has 2 aliphatic rings. The van der Waals surface area contributed by atoms with Crippen LogP contribution in [0, 0.1) is 0 Å². The normalized spacial score (nSPS) is 24.6. The van der Waals surface area contributed by atoms with Crippen molar-refractivity contribution in [2.24, 2.45) is 0 Å². The number of phenolic OH excluding ortho intramolecular Hbond substituents is 1. The topological polar surface area (TPSA) is 97.5 Å². The van der Waals surface area contributed by atoms with Gasteiger partial charge in [0.05, 0.1) is 5.69 Å². The summed E-state index contributed by atoms with van der Waals surface area (Å²) in [5, 5.41) is 30.2. The van der Waals surface area contributed by atoms with Gasteiger partial charge in [0.25, 0.3) is 0 Å². The lowest BCUT2D eigenvalue weighted by Gasteiger charge is -2.42. The number of benzene rings is 1. The molecule has 2 unspecified atom stereocenters. The summed E-state index contributed by atoms with van der Waals surface area (Å²) in [6.07, 6.45) is 5.54. The number of piperidine rings is 2. The molecule has 33 heavy (non-hydrogen) atoms. The monoisotopic (exact) mass is 446 g/mol. The first-order valence-electron chi connectivity index (χ1n) is 11.2. The van der Waals surface area contributed by atoms with Crippen molar-refractivity contribution in [3.63, 3.8) is 0 Å². The predicted molar refractivity (Wildman–Crippen MR) is 120 cm³/mol. The number of halogens is 1. The van der Waals surface area contributed by atoms with Gasteiger partial charge in [0.2, 0.25) is 5.88 Å². The van der Waals surface area contributed by atoms with Gasteiger partial charge in [-0.2, -0.15) is 0 Å². The highest BCUT2D eigenvalue weighted by atomic mass is 19.1. The van der Waals surface area contributed by atoms with Gasteiger partial charge >= 0.3 is 0 Å². The molecule has 3 aromatic heterocycles. The largest absolute Gasteiger partial charge is 0.507 e. The Labute approximate surface area is 189 Å². The van der Waals surface area contributed by atoms with Crippen LogP contribution < -0.4 is 10.1 Å². The maximum Gasteiger partial charge on any atom is 0.233 e. The quantitative estimate of drug-likeness (QED) is 0.495. The molecule has 0 spiro atoms. The lowest BCUT2D eigenvalue weighted by Crippen LogP contribution is -2.59. The predicted octanol–water partition coefficient (Wildman–Crippen LogP) is 3.56. The average molecular weight is 446 g/mol. The molecule has 2 aliphatic heterocycles. The van der Waals surface area contributed by atoms with Gasteiger partial charge in [0.1, 0.15) is 18.2 Å². The second kappa shape index (κ2) is 8.08. The van der Waals surface area contributed by atoms with Crippen molar-refractivity contribution in [2.75, 3.05) is 0 Å². The van der Waals surface area contributed by atoms with Crippen LogP contribution in [0.15, 0.2) is 55.0 Å². The Hall–Kier alpha value is -3.59. The minimum Gasteiger partial charge on any atom is -0.507 e. The molecule has 2 bridgehead atoms. The van der Waals surface area contributed by atoms with E-state index in [-0.39, 0.29) is 11.8 Å². The van der Waals surface area contributed by atoms with E-state index in [1.165, 1.54) is 0 Å². The lowest BCUT2D eigenvalue weighted by atomic mass is 9.84. The number of aromatic hydroxyl groups is 1. The van der Waals surface area contributed by atoms with Crippen LogP contribution >= 0.6 is 0 Å². The SMILES string of the molecule is Oc1cc(-c2ccc3nncn3c2)ccc1-c1ccc(O[C@@H]2CC3CCCC(N3)[C@@H]2F)nn1. The van der Waals surface area contributed by atoms with Crippen molar-refractivity contribution in [1.29, 1.82) is 0 Å². The molecule has 8 nitrogen and oxygen atoms in total. The zero-order valence-electron chi connectivity index (χ0n) is 17.8. The van der Waals surface area contributed by atoms with Crippen LogP contribution in [0.25, 0.3) is 28.0 Å². The molecule has 0 saturated carbocycles. The fourth-order valence-electron chi connectivity index (χ4n) is 4.88. The van der Waals surface area contributed by atoms with Crippen LogP contribution in [0.2, 0.25) is 0 Å². The molecule has 2 fully saturated rings. The fraction of sp³-hybridized carbons (Fsp3) is 0.333. The molecular weight excluding hydrogens is 423 g/mol. The Morgan fingerprint density at radius 1 is 1.03 bits per heavy atom. The molecule has 2 saturated heterocycles. The second-order valence-corrected chi connectivity index (χ2v) is 8.74. The third-order valence-electron chi connectivity index (χ3n) is 6.58. The van der Waals surface area contributed by atoms with E-state index in [1.807, 2.05) is 28.8 Å². The van der Waals surface area contributed by atoms with Gasteiger partial charge in [-0.25, -0.2) is 4.39 Å². The Morgan fingerprint density at radius 3 is 2.79 bits per heavy atom. The summed E-state index contributed by atoms with van der Waals surface area (Å²) in [5.74, 6) is 0.388. The maximum atomic E-state index is 14.8. The standard InChI is InChI=1S/C24H23FN6O2/c25-24-19-3-1-2-16(27-19)11-21(24)33-23-9-7-18(28-30-23)17-6-4-14(10-20(17)32)15-5-8-22-29-26-13-31(22)12-15/h4-10,12-13,16,19,21,24,27,32H,1-3,11H2/t16?,19?,21-,24+/m1/s1. The summed E-state index contributed by atoms with van der Waals surface area (Å²) in [6, 6.07) is 12.8. The van der Waals surface area contributed by atoms with E-state index in [1.54, 1.807) is 30.6 Å². The summed E-state index contributed by atoms with van der Waals surface area (Å²) in [5.41, 5.74) is 3.60. The van der Waals surface area contributed by atoms with Crippen molar-refractivity contribution in [3.8, 4) is 34.0 Å². The van der Waals surface area contributed by atoms with E-state index in [4.69, 9.17) is 4.74 Å². The second-order valence-electron chi connectivity index (χ2n) is 8.74. The number of phenols is 1. The highest BCUT2D eigenvalue weighted by Crippen LogP contribution is 2.34. The molecular formula is C24H23FN6O2. The van der Waals surface area contributed by atoms with E-state index < -0.39 is 12.3 Å². The first kappa shape index (κ1) is 20.0. The van der Waals surface area contributed by atoms with Crippen LogP contribution in [0.4, 0.5) is 4.39 Å². The Bertz CT molecular complexity index is 1290. The zero-order valence-corrected chi connectivity index (χ0v) is 17.8. The van der Waals surface area contributed by atoms with Gasteiger partial charge in [-0.3, -0.25) is 4.40 Å². The number of alkyl halides is 1. The molecule has 4 atom stereocenters. The number of pyridine rings is 1. The van der Waals surface area contributed by atoms with Gasteiger partial charge in [0.15, 0.2) is 11.8 Å². The van der Waals surface area contributed by atoms with Crippen LogP contribution in [0.1, 0.15) is 25.7 Å². The average Bonchev–Trinajstić information content (AvgIpc) is 3.31. The summed E-state index contributed by atoms with van der Waals surface area (Å²) < 4.78 is 22.5. The first-order chi connectivity index (χ1) is 16.1.